The topological polar surface area (TPSA) is 87.7 Å². The van der Waals surface area contributed by atoms with E-state index >= 15 is 0 Å². The minimum atomic E-state index is -0.245. The van der Waals surface area contributed by atoms with Crippen LogP contribution in [0.2, 0.25) is 0 Å². The van der Waals surface area contributed by atoms with Crippen LogP contribution < -0.4 is 10.1 Å². The summed E-state index contributed by atoms with van der Waals surface area (Å²) in [5.74, 6) is 1.49. The molecule has 0 saturated carbocycles. The van der Waals surface area contributed by atoms with E-state index in [9.17, 15) is 9.59 Å². The molecule has 2 saturated heterocycles. The Bertz CT molecular complexity index is 957. The molecular weight excluding hydrogens is 406 g/mol. The fraction of sp³-hybridized carbons (Fsp3) is 0.500. The van der Waals surface area contributed by atoms with Gasteiger partial charge in [0.2, 0.25) is 5.91 Å². The highest BCUT2D eigenvalue weighted by molar-refractivity contribution is 6.04. The molecule has 2 aromatic rings. The van der Waals surface area contributed by atoms with Crippen LogP contribution in [0.5, 0.6) is 5.75 Å². The van der Waals surface area contributed by atoms with Gasteiger partial charge in [-0.1, -0.05) is 0 Å². The van der Waals surface area contributed by atoms with Crippen molar-refractivity contribution in [1.29, 1.82) is 0 Å². The third kappa shape index (κ3) is 5.24. The number of anilines is 1. The third-order valence-corrected chi connectivity index (χ3v) is 6.29. The van der Waals surface area contributed by atoms with Crippen LogP contribution in [0, 0.1) is 6.92 Å². The van der Waals surface area contributed by atoms with Gasteiger partial charge in [-0.05, 0) is 70.0 Å². The van der Waals surface area contributed by atoms with Gasteiger partial charge in [0.15, 0.2) is 0 Å². The second-order valence-electron chi connectivity index (χ2n) is 8.57. The van der Waals surface area contributed by atoms with E-state index in [1.54, 1.807) is 37.6 Å². The molecule has 2 fully saturated rings. The second-order valence-corrected chi connectivity index (χ2v) is 8.57. The molecule has 0 unspecified atom stereocenters. The molecule has 0 aliphatic carbocycles. The zero-order chi connectivity index (χ0) is 22.5. The summed E-state index contributed by atoms with van der Waals surface area (Å²) in [5.41, 5.74) is 1.77. The molecule has 0 radical (unpaired) electrons. The van der Waals surface area contributed by atoms with Crippen molar-refractivity contribution in [3.8, 4) is 5.75 Å². The lowest BCUT2D eigenvalue weighted by Gasteiger charge is -2.33. The van der Waals surface area contributed by atoms with Gasteiger partial charge in [0.05, 0.1) is 24.9 Å². The summed E-state index contributed by atoms with van der Waals surface area (Å²) in [6, 6.07) is 7.16. The summed E-state index contributed by atoms with van der Waals surface area (Å²) in [6.45, 7) is 5.81. The molecular formula is C24H31N5O3. The molecule has 1 aromatic carbocycles. The molecule has 8 heteroatoms. The van der Waals surface area contributed by atoms with Gasteiger partial charge >= 0.3 is 0 Å². The number of carbonyl (C=O) groups excluding carboxylic acids is 2. The number of hydrogen-bond acceptors (Lipinski definition) is 6. The number of likely N-dealkylation sites (tertiary alicyclic amines) is 2. The molecule has 32 heavy (non-hydrogen) atoms. The normalized spacial score (nSPS) is 19.1. The Kier molecular flexibility index (Phi) is 6.99. The number of amides is 2. The highest BCUT2D eigenvalue weighted by Gasteiger charge is 2.28. The minimum Gasteiger partial charge on any atom is -0.497 e. The summed E-state index contributed by atoms with van der Waals surface area (Å²) in [7, 11) is 1.60. The van der Waals surface area contributed by atoms with Crippen LogP contribution in [0.4, 0.5) is 5.69 Å². The number of rotatable bonds is 6. The molecule has 2 aliphatic heterocycles. The van der Waals surface area contributed by atoms with Crippen LogP contribution in [0.25, 0.3) is 0 Å². The number of ether oxygens (including phenoxy) is 1. The number of nitrogens with one attached hydrogen (secondary N) is 1. The van der Waals surface area contributed by atoms with Crippen molar-refractivity contribution in [1.82, 2.24) is 19.8 Å². The van der Waals surface area contributed by atoms with Crippen molar-refractivity contribution in [2.75, 3.05) is 45.2 Å². The molecule has 1 N–H and O–H groups in total. The highest BCUT2D eigenvalue weighted by atomic mass is 16.5. The maximum atomic E-state index is 12.7. The zero-order valence-corrected chi connectivity index (χ0v) is 18.8. The number of hydrogen-bond donors (Lipinski definition) is 1. The van der Waals surface area contributed by atoms with E-state index in [0.29, 0.717) is 35.9 Å². The summed E-state index contributed by atoms with van der Waals surface area (Å²) in [4.78, 5) is 38.8. The quantitative estimate of drug-likeness (QED) is 0.748. The van der Waals surface area contributed by atoms with Gasteiger partial charge in [-0.15, -0.1) is 0 Å². The molecule has 0 spiro atoms. The van der Waals surface area contributed by atoms with Gasteiger partial charge in [-0.3, -0.25) is 14.5 Å². The number of aryl methyl sites for hydroxylation is 1. The lowest BCUT2D eigenvalue weighted by atomic mass is 9.96. The Hall–Kier alpha value is -3.00. The standard InChI is InChI=1S/C24H31N5O3/c1-17-21(24(31)27-19-7-9-20(32-2)10-8-19)14-25-23(26-17)18-6-5-13-29(15-18)22(30)16-28-11-3-4-12-28/h7-10,14,18H,3-6,11-13,15-16H2,1-2H3,(H,27,31)/t18-/m1/s1. The van der Waals surface area contributed by atoms with Crippen molar-refractivity contribution in [3.05, 3.63) is 47.5 Å². The van der Waals surface area contributed by atoms with Crippen LogP contribution in [-0.4, -0.2) is 71.4 Å². The van der Waals surface area contributed by atoms with Gasteiger partial charge in [-0.2, -0.15) is 0 Å². The molecule has 2 aliphatic rings. The van der Waals surface area contributed by atoms with Crippen LogP contribution >= 0.6 is 0 Å². The smallest absolute Gasteiger partial charge is 0.259 e. The van der Waals surface area contributed by atoms with E-state index in [0.717, 1.165) is 38.2 Å². The number of methoxy groups -OCH3 is 1. The molecule has 2 amide bonds. The van der Waals surface area contributed by atoms with Crippen LogP contribution in [-0.2, 0) is 4.79 Å². The van der Waals surface area contributed by atoms with E-state index in [1.807, 2.05) is 11.8 Å². The van der Waals surface area contributed by atoms with E-state index in [1.165, 1.54) is 12.8 Å². The van der Waals surface area contributed by atoms with Gasteiger partial charge in [0.25, 0.3) is 5.91 Å². The fourth-order valence-corrected chi connectivity index (χ4v) is 4.42. The maximum Gasteiger partial charge on any atom is 0.259 e. The van der Waals surface area contributed by atoms with Crippen molar-refractivity contribution in [2.45, 2.75) is 38.5 Å². The fourth-order valence-electron chi connectivity index (χ4n) is 4.42. The average Bonchev–Trinajstić information content (AvgIpc) is 3.32. The number of nitrogens with zero attached hydrogens (tertiary/aromatic N) is 4. The van der Waals surface area contributed by atoms with Crippen molar-refractivity contribution >= 4 is 17.5 Å². The Morgan fingerprint density at radius 3 is 2.56 bits per heavy atom. The zero-order valence-electron chi connectivity index (χ0n) is 18.8. The van der Waals surface area contributed by atoms with Gasteiger partial charge < -0.3 is 15.0 Å². The maximum absolute atomic E-state index is 12.7. The second kappa shape index (κ2) is 10.1. The van der Waals surface area contributed by atoms with Gasteiger partial charge in [0, 0.05) is 30.9 Å². The summed E-state index contributed by atoms with van der Waals surface area (Å²) < 4.78 is 5.14. The van der Waals surface area contributed by atoms with E-state index < -0.39 is 0 Å². The van der Waals surface area contributed by atoms with Crippen LogP contribution in [0.3, 0.4) is 0 Å². The SMILES string of the molecule is COc1ccc(NC(=O)c2cnc([C@@H]3CCCN(C(=O)CN4CCCC4)C3)nc2C)cc1. The Labute approximate surface area is 189 Å². The predicted octanol–water partition coefficient (Wildman–Crippen LogP) is 2.85. The first kappa shape index (κ1) is 22.2. The largest absolute Gasteiger partial charge is 0.497 e. The Balaban J connectivity index is 1.39. The van der Waals surface area contributed by atoms with E-state index in [2.05, 4.69) is 20.2 Å². The molecule has 1 aromatic heterocycles. The number of piperidine rings is 1. The first-order valence-electron chi connectivity index (χ1n) is 11.3. The molecule has 3 heterocycles. The van der Waals surface area contributed by atoms with Crippen LogP contribution in [0.1, 0.15) is 53.5 Å². The molecule has 170 valence electrons. The highest BCUT2D eigenvalue weighted by Crippen LogP contribution is 2.25. The molecule has 1 atom stereocenters. The predicted molar refractivity (Wildman–Crippen MR) is 122 cm³/mol. The summed E-state index contributed by atoms with van der Waals surface area (Å²) in [6.07, 6.45) is 5.85. The van der Waals surface area contributed by atoms with Gasteiger partial charge in [0.1, 0.15) is 11.6 Å². The van der Waals surface area contributed by atoms with Crippen molar-refractivity contribution in [2.24, 2.45) is 0 Å². The Morgan fingerprint density at radius 1 is 1.12 bits per heavy atom. The minimum absolute atomic E-state index is 0.101. The number of carbonyl (C=O) groups is 2. The molecule has 8 nitrogen and oxygen atoms in total. The summed E-state index contributed by atoms with van der Waals surface area (Å²) >= 11 is 0. The van der Waals surface area contributed by atoms with Crippen molar-refractivity contribution < 1.29 is 14.3 Å². The van der Waals surface area contributed by atoms with E-state index in [4.69, 9.17) is 4.74 Å². The first-order valence-corrected chi connectivity index (χ1v) is 11.3. The van der Waals surface area contributed by atoms with Crippen LogP contribution in [0.15, 0.2) is 30.5 Å². The molecule has 4 rings (SSSR count). The monoisotopic (exact) mass is 437 g/mol. The first-order chi connectivity index (χ1) is 15.5. The number of benzene rings is 1. The van der Waals surface area contributed by atoms with E-state index in [-0.39, 0.29) is 17.7 Å². The molecule has 0 bridgehead atoms. The third-order valence-electron chi connectivity index (χ3n) is 6.29. The lowest BCUT2D eigenvalue weighted by molar-refractivity contribution is -0.133. The number of aromatic nitrogens is 2. The van der Waals surface area contributed by atoms with Crippen molar-refractivity contribution in [3.63, 3.8) is 0 Å². The average molecular weight is 438 g/mol. The summed E-state index contributed by atoms with van der Waals surface area (Å²) in [5, 5.41) is 2.87. The lowest BCUT2D eigenvalue weighted by Crippen LogP contribution is -2.44. The van der Waals surface area contributed by atoms with Gasteiger partial charge in [-0.25, -0.2) is 9.97 Å². The Morgan fingerprint density at radius 2 is 1.88 bits per heavy atom.